The second-order valence-corrected chi connectivity index (χ2v) is 3.47. The zero-order valence-electron chi connectivity index (χ0n) is 7.00. The van der Waals surface area contributed by atoms with Crippen molar-refractivity contribution in [1.82, 2.24) is 0 Å². The van der Waals surface area contributed by atoms with Gasteiger partial charge in [0.05, 0.1) is 11.1 Å². The summed E-state index contributed by atoms with van der Waals surface area (Å²) in [6, 6.07) is 5.23. The molecule has 13 heavy (non-hydrogen) atoms. The van der Waals surface area contributed by atoms with Crippen LogP contribution in [0.25, 0.3) is 0 Å². The Morgan fingerprint density at radius 3 is 2.85 bits per heavy atom. The third-order valence-electron chi connectivity index (χ3n) is 1.94. The molecule has 1 saturated carbocycles. The van der Waals surface area contributed by atoms with E-state index < -0.39 is 0 Å². The van der Waals surface area contributed by atoms with Gasteiger partial charge in [-0.15, -0.1) is 0 Å². The largest absolute Gasteiger partial charge is 0.489 e. The maximum atomic E-state index is 10.5. The summed E-state index contributed by atoms with van der Waals surface area (Å²) < 4.78 is 5.51. The van der Waals surface area contributed by atoms with Gasteiger partial charge in [-0.1, -0.05) is 17.7 Å². The van der Waals surface area contributed by atoms with Crippen molar-refractivity contribution >= 4 is 17.9 Å². The molecule has 1 aliphatic carbocycles. The number of ether oxygens (including phenoxy) is 1. The second-order valence-electron chi connectivity index (χ2n) is 3.09. The Hall–Kier alpha value is -1.02. The van der Waals surface area contributed by atoms with Crippen LogP contribution in [0.15, 0.2) is 18.2 Å². The van der Waals surface area contributed by atoms with Crippen molar-refractivity contribution in [2.45, 2.75) is 18.9 Å². The van der Waals surface area contributed by atoms with Gasteiger partial charge < -0.3 is 4.74 Å². The standard InChI is InChI=1S/C10H9ClO2/c11-10-7(6-12)2-1-3-9(10)13-8-4-5-8/h1-3,6,8H,4-5H2. The summed E-state index contributed by atoms with van der Waals surface area (Å²) in [5.74, 6) is 0.619. The lowest BCUT2D eigenvalue weighted by atomic mass is 10.2. The molecule has 0 heterocycles. The SMILES string of the molecule is O=Cc1cccc(OC2CC2)c1Cl. The zero-order chi connectivity index (χ0) is 9.26. The van der Waals surface area contributed by atoms with Crippen LogP contribution in [-0.2, 0) is 0 Å². The van der Waals surface area contributed by atoms with Crippen LogP contribution in [0.4, 0.5) is 0 Å². The highest BCUT2D eigenvalue weighted by Crippen LogP contribution is 2.33. The van der Waals surface area contributed by atoms with Crippen molar-refractivity contribution in [3.05, 3.63) is 28.8 Å². The molecule has 1 aromatic carbocycles. The van der Waals surface area contributed by atoms with Crippen LogP contribution in [-0.4, -0.2) is 12.4 Å². The number of hydrogen-bond acceptors (Lipinski definition) is 2. The molecule has 0 unspecified atom stereocenters. The van der Waals surface area contributed by atoms with Crippen molar-refractivity contribution in [3.8, 4) is 5.75 Å². The van der Waals surface area contributed by atoms with Crippen molar-refractivity contribution < 1.29 is 9.53 Å². The fourth-order valence-corrected chi connectivity index (χ4v) is 1.29. The van der Waals surface area contributed by atoms with E-state index in [1.54, 1.807) is 18.2 Å². The Kier molecular flexibility index (Phi) is 2.23. The molecule has 1 aromatic rings. The Balaban J connectivity index is 2.27. The lowest BCUT2D eigenvalue weighted by molar-refractivity contribution is 0.112. The van der Waals surface area contributed by atoms with E-state index in [-0.39, 0.29) is 0 Å². The van der Waals surface area contributed by atoms with Gasteiger partial charge in [-0.3, -0.25) is 4.79 Å². The number of rotatable bonds is 3. The summed E-state index contributed by atoms with van der Waals surface area (Å²) in [5, 5.41) is 0.421. The highest BCUT2D eigenvalue weighted by molar-refractivity contribution is 6.34. The van der Waals surface area contributed by atoms with Crippen molar-refractivity contribution in [3.63, 3.8) is 0 Å². The maximum Gasteiger partial charge on any atom is 0.151 e. The van der Waals surface area contributed by atoms with Crippen molar-refractivity contribution in [2.75, 3.05) is 0 Å². The third kappa shape index (κ3) is 1.83. The van der Waals surface area contributed by atoms with Crippen LogP contribution >= 0.6 is 11.6 Å². The Bertz CT molecular complexity index is 332. The Labute approximate surface area is 81.5 Å². The van der Waals surface area contributed by atoms with E-state index in [0.29, 0.717) is 22.4 Å². The Morgan fingerprint density at radius 1 is 1.46 bits per heavy atom. The minimum Gasteiger partial charge on any atom is -0.489 e. The lowest BCUT2D eigenvalue weighted by Gasteiger charge is -2.06. The number of benzene rings is 1. The van der Waals surface area contributed by atoms with E-state index in [1.165, 1.54) is 0 Å². The molecule has 1 aliphatic rings. The van der Waals surface area contributed by atoms with E-state index >= 15 is 0 Å². The molecule has 2 nitrogen and oxygen atoms in total. The third-order valence-corrected chi connectivity index (χ3v) is 2.34. The normalized spacial score (nSPS) is 15.5. The van der Waals surface area contributed by atoms with Crippen LogP contribution in [0, 0.1) is 0 Å². The van der Waals surface area contributed by atoms with Gasteiger partial charge in [0.2, 0.25) is 0 Å². The molecule has 0 bridgehead atoms. The smallest absolute Gasteiger partial charge is 0.151 e. The predicted octanol–water partition coefficient (Wildman–Crippen LogP) is 2.69. The summed E-state index contributed by atoms with van der Waals surface area (Å²) in [4.78, 5) is 10.5. The molecular formula is C10H9ClO2. The monoisotopic (exact) mass is 196 g/mol. The summed E-state index contributed by atoms with van der Waals surface area (Å²) in [6.45, 7) is 0. The first-order chi connectivity index (χ1) is 6.31. The fourth-order valence-electron chi connectivity index (χ4n) is 1.08. The average molecular weight is 197 g/mol. The molecule has 0 atom stereocenters. The van der Waals surface area contributed by atoms with E-state index in [4.69, 9.17) is 16.3 Å². The van der Waals surface area contributed by atoms with E-state index in [9.17, 15) is 4.79 Å². The van der Waals surface area contributed by atoms with Gasteiger partial charge >= 0.3 is 0 Å². The Morgan fingerprint density at radius 2 is 2.23 bits per heavy atom. The molecule has 0 saturated heterocycles. The van der Waals surface area contributed by atoms with Crippen molar-refractivity contribution in [2.24, 2.45) is 0 Å². The molecule has 0 aromatic heterocycles. The maximum absolute atomic E-state index is 10.5. The number of carbonyl (C=O) groups is 1. The van der Waals surface area contributed by atoms with Gasteiger partial charge in [-0.25, -0.2) is 0 Å². The molecule has 0 radical (unpaired) electrons. The minimum atomic E-state index is 0.305. The summed E-state index contributed by atoms with van der Waals surface area (Å²) in [6.07, 6.45) is 3.21. The molecule has 1 fully saturated rings. The molecule has 0 N–H and O–H groups in total. The topological polar surface area (TPSA) is 26.3 Å². The summed E-state index contributed by atoms with van der Waals surface area (Å²) in [5.41, 5.74) is 0.486. The van der Waals surface area contributed by atoms with Crippen LogP contribution in [0.5, 0.6) is 5.75 Å². The average Bonchev–Trinajstić information content (AvgIpc) is 2.92. The van der Waals surface area contributed by atoms with Crippen LogP contribution in [0.1, 0.15) is 23.2 Å². The van der Waals surface area contributed by atoms with Gasteiger partial charge in [-0.2, -0.15) is 0 Å². The minimum absolute atomic E-state index is 0.305. The summed E-state index contributed by atoms with van der Waals surface area (Å²) in [7, 11) is 0. The zero-order valence-corrected chi connectivity index (χ0v) is 7.75. The predicted molar refractivity (Wildman–Crippen MR) is 50.5 cm³/mol. The van der Waals surface area contributed by atoms with Crippen LogP contribution < -0.4 is 4.74 Å². The molecule has 68 valence electrons. The lowest BCUT2D eigenvalue weighted by Crippen LogP contribution is -1.97. The van der Waals surface area contributed by atoms with E-state index in [2.05, 4.69) is 0 Å². The highest BCUT2D eigenvalue weighted by Gasteiger charge is 2.24. The molecular weight excluding hydrogens is 188 g/mol. The first-order valence-electron chi connectivity index (χ1n) is 4.21. The number of halogens is 1. The van der Waals surface area contributed by atoms with Gasteiger partial charge in [0.15, 0.2) is 6.29 Å². The van der Waals surface area contributed by atoms with Gasteiger partial charge in [0, 0.05) is 5.56 Å². The number of carbonyl (C=O) groups excluding carboxylic acids is 1. The first-order valence-corrected chi connectivity index (χ1v) is 4.59. The van der Waals surface area contributed by atoms with Gasteiger partial charge in [-0.05, 0) is 25.0 Å². The molecule has 0 spiro atoms. The second kappa shape index (κ2) is 3.38. The first kappa shape index (κ1) is 8.57. The van der Waals surface area contributed by atoms with Gasteiger partial charge in [0.1, 0.15) is 5.75 Å². The molecule has 0 aliphatic heterocycles. The van der Waals surface area contributed by atoms with Crippen LogP contribution in [0.3, 0.4) is 0 Å². The number of hydrogen-bond donors (Lipinski definition) is 0. The van der Waals surface area contributed by atoms with Crippen LogP contribution in [0.2, 0.25) is 5.02 Å². The molecule has 3 heteroatoms. The van der Waals surface area contributed by atoms with Crippen molar-refractivity contribution in [1.29, 1.82) is 0 Å². The molecule has 2 rings (SSSR count). The summed E-state index contributed by atoms with van der Waals surface area (Å²) >= 11 is 5.92. The number of aldehydes is 1. The van der Waals surface area contributed by atoms with E-state index in [0.717, 1.165) is 19.1 Å². The van der Waals surface area contributed by atoms with E-state index in [1.807, 2.05) is 0 Å². The quantitative estimate of drug-likeness (QED) is 0.695. The van der Waals surface area contributed by atoms with Gasteiger partial charge in [0.25, 0.3) is 0 Å². The molecule has 0 amide bonds. The highest BCUT2D eigenvalue weighted by atomic mass is 35.5. The fraction of sp³-hybridized carbons (Fsp3) is 0.300.